The first-order chi connectivity index (χ1) is 8.98. The molecule has 0 aliphatic carbocycles. The van der Waals surface area contributed by atoms with Crippen molar-refractivity contribution < 1.29 is 13.5 Å². The highest BCUT2D eigenvalue weighted by Crippen LogP contribution is 2.28. The summed E-state index contributed by atoms with van der Waals surface area (Å²) in [6, 6.07) is 3.49. The second-order valence-corrected chi connectivity index (χ2v) is 7.01. The molecule has 0 saturated heterocycles. The van der Waals surface area contributed by atoms with E-state index in [1.807, 2.05) is 24.4 Å². The van der Waals surface area contributed by atoms with E-state index in [0.717, 1.165) is 4.88 Å². The van der Waals surface area contributed by atoms with Crippen LogP contribution >= 0.6 is 11.3 Å². The summed E-state index contributed by atoms with van der Waals surface area (Å²) in [5.41, 5.74) is 0.269. The van der Waals surface area contributed by atoms with E-state index in [2.05, 4.69) is 10.2 Å². The molecule has 0 aliphatic heterocycles. The molecule has 0 spiro atoms. The summed E-state index contributed by atoms with van der Waals surface area (Å²) < 4.78 is 26.2. The van der Waals surface area contributed by atoms with Gasteiger partial charge in [-0.25, -0.2) is 8.42 Å². The molecule has 2 heterocycles. The number of nitrogens with zero attached hydrogens (tertiary/aromatic N) is 2. The standard InChI is InChI=1S/C11H15N3O3S2/c1-8(10-4-3-5-18-10)14(2)19(16,17)11-9(7-15)6-12-13-11/h3-6,8,15H,7H2,1-2H3,(H,12,13). The van der Waals surface area contributed by atoms with E-state index in [0.29, 0.717) is 0 Å². The first kappa shape index (κ1) is 14.2. The summed E-state index contributed by atoms with van der Waals surface area (Å²) in [4.78, 5) is 0.955. The van der Waals surface area contributed by atoms with E-state index in [9.17, 15) is 8.42 Å². The maximum Gasteiger partial charge on any atom is 0.260 e. The maximum absolute atomic E-state index is 12.5. The van der Waals surface area contributed by atoms with E-state index in [-0.39, 0.29) is 23.2 Å². The summed E-state index contributed by atoms with van der Waals surface area (Å²) in [5.74, 6) is 0. The molecule has 2 aromatic heterocycles. The van der Waals surface area contributed by atoms with Crippen LogP contribution in [-0.4, -0.2) is 35.1 Å². The molecule has 0 aromatic carbocycles. The SMILES string of the molecule is CC(c1cccs1)N(C)S(=O)(=O)c1[nH]ncc1CO. The highest BCUT2D eigenvalue weighted by atomic mass is 32.2. The molecule has 8 heteroatoms. The molecule has 19 heavy (non-hydrogen) atoms. The maximum atomic E-state index is 12.5. The van der Waals surface area contributed by atoms with Crippen LogP contribution in [0.25, 0.3) is 0 Å². The number of aromatic nitrogens is 2. The lowest BCUT2D eigenvalue weighted by molar-refractivity contribution is 0.278. The number of nitrogens with one attached hydrogen (secondary N) is 1. The number of aromatic amines is 1. The number of thiophene rings is 1. The van der Waals surface area contributed by atoms with E-state index in [1.54, 1.807) is 0 Å². The van der Waals surface area contributed by atoms with Gasteiger partial charge in [0.15, 0.2) is 5.03 Å². The molecular formula is C11H15N3O3S2. The zero-order valence-electron chi connectivity index (χ0n) is 10.6. The normalized spacial score (nSPS) is 13.9. The van der Waals surface area contributed by atoms with Gasteiger partial charge in [0.25, 0.3) is 10.0 Å². The Balaban J connectivity index is 2.35. The summed E-state index contributed by atoms with van der Waals surface area (Å²) >= 11 is 1.50. The predicted octanol–water partition coefficient (Wildman–Crippen LogP) is 1.35. The van der Waals surface area contributed by atoms with Gasteiger partial charge in [-0.3, -0.25) is 5.10 Å². The lowest BCUT2D eigenvalue weighted by Gasteiger charge is -2.23. The fraction of sp³-hybridized carbons (Fsp3) is 0.364. The fourth-order valence-corrected chi connectivity index (χ4v) is 4.02. The number of H-pyrrole nitrogens is 1. The van der Waals surface area contributed by atoms with Crippen LogP contribution in [0.4, 0.5) is 0 Å². The molecule has 0 amide bonds. The van der Waals surface area contributed by atoms with Crippen LogP contribution in [0, 0.1) is 0 Å². The van der Waals surface area contributed by atoms with Crippen molar-refractivity contribution in [1.82, 2.24) is 14.5 Å². The lowest BCUT2D eigenvalue weighted by Crippen LogP contribution is -2.30. The van der Waals surface area contributed by atoms with Gasteiger partial charge < -0.3 is 5.11 Å². The Morgan fingerprint density at radius 1 is 1.58 bits per heavy atom. The Labute approximate surface area is 115 Å². The molecule has 0 radical (unpaired) electrons. The number of sulfonamides is 1. The van der Waals surface area contributed by atoms with Gasteiger partial charge in [-0.2, -0.15) is 9.40 Å². The van der Waals surface area contributed by atoms with Gasteiger partial charge in [0.2, 0.25) is 0 Å². The topological polar surface area (TPSA) is 86.3 Å². The Kier molecular flexibility index (Phi) is 4.04. The second kappa shape index (κ2) is 5.41. The highest BCUT2D eigenvalue weighted by Gasteiger charge is 2.30. The molecule has 1 unspecified atom stereocenters. The minimum Gasteiger partial charge on any atom is -0.392 e. The molecule has 0 bridgehead atoms. The molecule has 6 nitrogen and oxygen atoms in total. The van der Waals surface area contributed by atoms with Crippen molar-refractivity contribution >= 4 is 21.4 Å². The van der Waals surface area contributed by atoms with Gasteiger partial charge in [0, 0.05) is 17.5 Å². The number of hydrogen-bond donors (Lipinski definition) is 2. The van der Waals surface area contributed by atoms with Gasteiger partial charge in [-0.1, -0.05) is 6.07 Å². The van der Waals surface area contributed by atoms with Crippen molar-refractivity contribution in [2.75, 3.05) is 7.05 Å². The fourth-order valence-electron chi connectivity index (χ4n) is 1.70. The molecular weight excluding hydrogens is 286 g/mol. The van der Waals surface area contributed by atoms with Crippen LogP contribution < -0.4 is 0 Å². The molecule has 2 N–H and O–H groups in total. The molecule has 2 aromatic rings. The van der Waals surface area contributed by atoms with Crippen molar-refractivity contribution in [2.45, 2.75) is 24.6 Å². The van der Waals surface area contributed by atoms with Gasteiger partial charge in [-0.15, -0.1) is 11.3 Å². The minimum absolute atomic E-state index is 0.0547. The largest absolute Gasteiger partial charge is 0.392 e. The molecule has 104 valence electrons. The van der Waals surface area contributed by atoms with Gasteiger partial charge in [-0.05, 0) is 18.4 Å². The first-order valence-electron chi connectivity index (χ1n) is 5.63. The quantitative estimate of drug-likeness (QED) is 0.872. The molecule has 0 saturated carbocycles. The van der Waals surface area contributed by atoms with Crippen LogP contribution in [0.3, 0.4) is 0 Å². The molecule has 1 atom stereocenters. The zero-order chi connectivity index (χ0) is 14.0. The molecule has 0 fully saturated rings. The smallest absolute Gasteiger partial charge is 0.260 e. The van der Waals surface area contributed by atoms with Crippen molar-refractivity contribution in [2.24, 2.45) is 0 Å². The third-order valence-corrected chi connectivity index (χ3v) is 5.97. The Morgan fingerprint density at radius 3 is 2.89 bits per heavy atom. The average molecular weight is 301 g/mol. The Hall–Kier alpha value is -1.22. The van der Waals surface area contributed by atoms with E-state index in [4.69, 9.17) is 5.11 Å². The van der Waals surface area contributed by atoms with Crippen molar-refractivity contribution in [1.29, 1.82) is 0 Å². The second-order valence-electron chi connectivity index (χ2n) is 4.10. The highest BCUT2D eigenvalue weighted by molar-refractivity contribution is 7.89. The van der Waals surface area contributed by atoms with E-state index < -0.39 is 10.0 Å². The molecule has 0 aliphatic rings. The van der Waals surface area contributed by atoms with E-state index >= 15 is 0 Å². The summed E-state index contributed by atoms with van der Waals surface area (Å²) in [6.07, 6.45) is 1.32. The zero-order valence-corrected chi connectivity index (χ0v) is 12.2. The summed E-state index contributed by atoms with van der Waals surface area (Å²) in [6.45, 7) is 1.45. The lowest BCUT2D eigenvalue weighted by atomic mass is 10.3. The first-order valence-corrected chi connectivity index (χ1v) is 7.95. The number of aliphatic hydroxyl groups is 1. The minimum atomic E-state index is -3.70. The van der Waals surface area contributed by atoms with Gasteiger partial charge >= 0.3 is 0 Å². The van der Waals surface area contributed by atoms with Crippen LogP contribution in [0.1, 0.15) is 23.4 Å². The van der Waals surface area contributed by atoms with Crippen LogP contribution in [0.5, 0.6) is 0 Å². The van der Waals surface area contributed by atoms with E-state index in [1.165, 1.54) is 28.9 Å². The van der Waals surface area contributed by atoms with Crippen LogP contribution in [-0.2, 0) is 16.6 Å². The van der Waals surface area contributed by atoms with Crippen LogP contribution in [0.15, 0.2) is 28.7 Å². The van der Waals surface area contributed by atoms with Crippen molar-refractivity contribution in [3.8, 4) is 0 Å². The van der Waals surface area contributed by atoms with Crippen LogP contribution in [0.2, 0.25) is 0 Å². The van der Waals surface area contributed by atoms with Gasteiger partial charge in [0.05, 0.1) is 18.8 Å². The van der Waals surface area contributed by atoms with Gasteiger partial charge in [0.1, 0.15) is 0 Å². The predicted molar refractivity (Wildman–Crippen MR) is 72.2 cm³/mol. The number of hydrogen-bond acceptors (Lipinski definition) is 5. The molecule has 2 rings (SSSR count). The third kappa shape index (κ3) is 2.57. The third-order valence-electron chi connectivity index (χ3n) is 2.99. The average Bonchev–Trinajstić information content (AvgIpc) is 3.06. The Morgan fingerprint density at radius 2 is 2.32 bits per heavy atom. The number of rotatable bonds is 5. The Bertz CT molecular complexity index is 634. The number of aliphatic hydroxyl groups excluding tert-OH is 1. The van der Waals surface area contributed by atoms with Crippen molar-refractivity contribution in [3.05, 3.63) is 34.2 Å². The summed E-state index contributed by atoms with van der Waals surface area (Å²) in [7, 11) is -2.19. The monoisotopic (exact) mass is 301 g/mol. The van der Waals surface area contributed by atoms with Crippen molar-refractivity contribution in [3.63, 3.8) is 0 Å². The summed E-state index contributed by atoms with van der Waals surface area (Å²) in [5, 5.41) is 17.1.